The second-order valence-corrected chi connectivity index (χ2v) is 5.21. The molecule has 0 bridgehead atoms. The first-order valence-corrected chi connectivity index (χ1v) is 7.17. The molecule has 1 saturated heterocycles. The van der Waals surface area contributed by atoms with Crippen molar-refractivity contribution in [3.63, 3.8) is 0 Å². The zero-order valence-corrected chi connectivity index (χ0v) is 11.8. The predicted molar refractivity (Wildman–Crippen MR) is 76.7 cm³/mol. The Bertz CT molecular complexity index is 560. The predicted octanol–water partition coefficient (Wildman–Crippen LogP) is 3.19. The number of ether oxygens (including phenoxy) is 1. The van der Waals surface area contributed by atoms with E-state index in [4.69, 9.17) is 9.15 Å². The number of amides is 1. The van der Waals surface area contributed by atoms with Gasteiger partial charge in [-0.3, -0.25) is 0 Å². The third-order valence-electron chi connectivity index (χ3n) is 3.81. The van der Waals surface area contributed by atoms with Crippen LogP contribution in [0, 0.1) is 0 Å². The monoisotopic (exact) mass is 286 g/mol. The van der Waals surface area contributed by atoms with Gasteiger partial charge in [-0.15, -0.1) is 0 Å². The highest BCUT2D eigenvalue weighted by Crippen LogP contribution is 2.27. The zero-order valence-electron chi connectivity index (χ0n) is 11.8. The van der Waals surface area contributed by atoms with E-state index < -0.39 is 0 Å². The van der Waals surface area contributed by atoms with Gasteiger partial charge in [-0.25, -0.2) is 9.78 Å². The molecule has 2 heterocycles. The molecule has 0 N–H and O–H groups in total. The molecule has 1 aromatic heterocycles. The molecule has 0 unspecified atom stereocenters. The highest BCUT2D eigenvalue weighted by atomic mass is 16.6. The van der Waals surface area contributed by atoms with Gasteiger partial charge in [0, 0.05) is 19.0 Å². The smallest absolute Gasteiger partial charge is 0.410 e. The van der Waals surface area contributed by atoms with Crippen LogP contribution >= 0.6 is 0 Å². The highest BCUT2D eigenvalue weighted by Gasteiger charge is 2.26. The van der Waals surface area contributed by atoms with E-state index >= 15 is 0 Å². The normalized spacial score (nSPS) is 15.9. The second-order valence-electron chi connectivity index (χ2n) is 5.21. The van der Waals surface area contributed by atoms with Crippen molar-refractivity contribution in [2.45, 2.75) is 25.4 Å². The summed E-state index contributed by atoms with van der Waals surface area (Å²) in [4.78, 5) is 17.7. The van der Waals surface area contributed by atoms with E-state index in [1.807, 2.05) is 30.3 Å². The molecule has 1 aliphatic heterocycles. The Morgan fingerprint density at radius 3 is 2.71 bits per heavy atom. The summed E-state index contributed by atoms with van der Waals surface area (Å²) in [5.74, 6) is 1.26. The van der Waals surface area contributed by atoms with Crippen LogP contribution in [0.5, 0.6) is 0 Å². The number of oxazole rings is 1. The number of benzene rings is 1. The van der Waals surface area contributed by atoms with Gasteiger partial charge in [0.25, 0.3) is 0 Å². The maximum absolute atomic E-state index is 12.0. The van der Waals surface area contributed by atoms with Crippen molar-refractivity contribution in [2.75, 3.05) is 13.1 Å². The molecule has 0 atom stereocenters. The van der Waals surface area contributed by atoms with Gasteiger partial charge >= 0.3 is 6.09 Å². The number of hydrogen-bond acceptors (Lipinski definition) is 4. The fraction of sp³-hybridized carbons (Fsp3) is 0.375. The first-order chi connectivity index (χ1) is 10.3. The standard InChI is InChI=1S/C16H18N2O3/c19-16(20-11-13-4-2-1-3-5-13)18-8-6-14(7-9-18)15-10-17-12-21-15/h1-5,10,12,14H,6-9,11H2. The van der Waals surface area contributed by atoms with E-state index in [9.17, 15) is 4.79 Å². The molecule has 5 nitrogen and oxygen atoms in total. The quantitative estimate of drug-likeness (QED) is 0.869. The van der Waals surface area contributed by atoms with E-state index in [2.05, 4.69) is 4.98 Å². The molecule has 1 fully saturated rings. The van der Waals surface area contributed by atoms with E-state index in [0.29, 0.717) is 25.6 Å². The van der Waals surface area contributed by atoms with Gasteiger partial charge in [0.15, 0.2) is 6.39 Å². The number of carbonyl (C=O) groups excluding carboxylic acids is 1. The fourth-order valence-corrected chi connectivity index (χ4v) is 2.58. The zero-order chi connectivity index (χ0) is 14.5. The maximum Gasteiger partial charge on any atom is 0.410 e. The molecule has 3 rings (SSSR count). The molecule has 0 radical (unpaired) electrons. The lowest BCUT2D eigenvalue weighted by Crippen LogP contribution is -2.38. The topological polar surface area (TPSA) is 55.6 Å². The molecule has 21 heavy (non-hydrogen) atoms. The van der Waals surface area contributed by atoms with Gasteiger partial charge in [0.05, 0.1) is 6.20 Å². The maximum atomic E-state index is 12.0. The Hall–Kier alpha value is -2.30. The van der Waals surface area contributed by atoms with Gasteiger partial charge < -0.3 is 14.1 Å². The van der Waals surface area contributed by atoms with E-state index in [0.717, 1.165) is 24.2 Å². The van der Waals surface area contributed by atoms with Gasteiger partial charge in [-0.2, -0.15) is 0 Å². The highest BCUT2D eigenvalue weighted by molar-refractivity contribution is 5.67. The summed E-state index contributed by atoms with van der Waals surface area (Å²) in [6.45, 7) is 1.71. The number of aromatic nitrogens is 1. The molecule has 0 spiro atoms. The molecule has 0 aliphatic carbocycles. The average Bonchev–Trinajstić information content (AvgIpc) is 3.08. The minimum atomic E-state index is -0.241. The lowest BCUT2D eigenvalue weighted by Gasteiger charge is -2.30. The summed E-state index contributed by atoms with van der Waals surface area (Å²) < 4.78 is 10.7. The minimum absolute atomic E-state index is 0.241. The Balaban J connectivity index is 1.47. The molecule has 1 aliphatic rings. The summed E-state index contributed by atoms with van der Waals surface area (Å²) >= 11 is 0. The minimum Gasteiger partial charge on any atom is -0.448 e. The number of rotatable bonds is 3. The van der Waals surface area contributed by atoms with E-state index in [1.54, 1.807) is 11.1 Å². The van der Waals surface area contributed by atoms with E-state index in [-0.39, 0.29) is 6.09 Å². The fourth-order valence-electron chi connectivity index (χ4n) is 2.58. The van der Waals surface area contributed by atoms with Crippen LogP contribution < -0.4 is 0 Å². The summed E-state index contributed by atoms with van der Waals surface area (Å²) in [7, 11) is 0. The third-order valence-corrected chi connectivity index (χ3v) is 3.81. The van der Waals surface area contributed by atoms with Crippen LogP contribution in [0.4, 0.5) is 4.79 Å². The summed E-state index contributed by atoms with van der Waals surface area (Å²) in [6.07, 6.45) is 4.74. The Morgan fingerprint density at radius 2 is 2.05 bits per heavy atom. The summed E-state index contributed by atoms with van der Waals surface area (Å²) in [5, 5.41) is 0. The molecule has 2 aromatic rings. The van der Waals surface area contributed by atoms with Crippen LogP contribution in [0.3, 0.4) is 0 Å². The second kappa shape index (κ2) is 6.43. The van der Waals surface area contributed by atoms with Gasteiger partial charge in [-0.1, -0.05) is 30.3 Å². The van der Waals surface area contributed by atoms with Crippen molar-refractivity contribution >= 4 is 6.09 Å². The van der Waals surface area contributed by atoms with Crippen LogP contribution in [0.15, 0.2) is 47.3 Å². The SMILES string of the molecule is O=C(OCc1ccccc1)N1CCC(c2cnco2)CC1. The molecule has 0 saturated carbocycles. The van der Waals surface area contributed by atoms with Crippen molar-refractivity contribution < 1.29 is 13.9 Å². The van der Waals surface area contributed by atoms with Crippen molar-refractivity contribution in [2.24, 2.45) is 0 Å². The van der Waals surface area contributed by atoms with E-state index in [1.165, 1.54) is 6.39 Å². The van der Waals surface area contributed by atoms with Crippen LogP contribution in [-0.2, 0) is 11.3 Å². The largest absolute Gasteiger partial charge is 0.448 e. The summed E-state index contributed by atoms with van der Waals surface area (Å²) in [5.41, 5.74) is 1.00. The molecule has 1 amide bonds. The molecular formula is C16H18N2O3. The number of piperidine rings is 1. The average molecular weight is 286 g/mol. The number of nitrogens with zero attached hydrogens (tertiary/aromatic N) is 2. The van der Waals surface area contributed by atoms with Crippen molar-refractivity contribution in [1.82, 2.24) is 9.88 Å². The Labute approximate surface area is 123 Å². The van der Waals surface area contributed by atoms with Gasteiger partial charge in [0.2, 0.25) is 0 Å². The third kappa shape index (κ3) is 3.42. The van der Waals surface area contributed by atoms with Gasteiger partial charge in [0.1, 0.15) is 12.4 Å². The van der Waals surface area contributed by atoms with Crippen molar-refractivity contribution in [3.8, 4) is 0 Å². The van der Waals surface area contributed by atoms with Crippen LogP contribution in [0.25, 0.3) is 0 Å². The van der Waals surface area contributed by atoms with Crippen LogP contribution in [0.2, 0.25) is 0 Å². The van der Waals surface area contributed by atoms with Crippen LogP contribution in [-0.4, -0.2) is 29.1 Å². The van der Waals surface area contributed by atoms with Crippen LogP contribution in [0.1, 0.15) is 30.1 Å². The number of likely N-dealkylation sites (tertiary alicyclic amines) is 1. The first-order valence-electron chi connectivity index (χ1n) is 7.17. The number of hydrogen-bond donors (Lipinski definition) is 0. The summed E-state index contributed by atoms with van der Waals surface area (Å²) in [6, 6.07) is 9.71. The molecular weight excluding hydrogens is 268 g/mol. The number of carbonyl (C=O) groups is 1. The lowest BCUT2D eigenvalue weighted by molar-refractivity contribution is 0.0859. The Morgan fingerprint density at radius 1 is 1.29 bits per heavy atom. The van der Waals surface area contributed by atoms with Gasteiger partial charge in [-0.05, 0) is 18.4 Å². The van der Waals surface area contributed by atoms with Crippen molar-refractivity contribution in [1.29, 1.82) is 0 Å². The molecule has 1 aromatic carbocycles. The molecule has 110 valence electrons. The van der Waals surface area contributed by atoms with Crippen molar-refractivity contribution in [3.05, 3.63) is 54.2 Å². The first kappa shape index (κ1) is 13.7. The Kier molecular flexibility index (Phi) is 4.19. The molecule has 5 heteroatoms. The lowest BCUT2D eigenvalue weighted by atomic mass is 9.95.